The summed E-state index contributed by atoms with van der Waals surface area (Å²) in [6, 6.07) is 17.1. The highest BCUT2D eigenvalue weighted by Crippen LogP contribution is 2.42. The number of benzene rings is 1. The molecule has 0 bridgehead atoms. The number of pyridine rings is 2. The number of imidazole rings is 1. The second kappa shape index (κ2) is 9.65. The number of nitrogens with one attached hydrogen (secondary N) is 1. The van der Waals surface area contributed by atoms with Crippen LogP contribution in [0.3, 0.4) is 0 Å². The van der Waals surface area contributed by atoms with Gasteiger partial charge in [0.2, 0.25) is 0 Å². The fraction of sp³-hybridized carbons (Fsp3) is 0.333. The van der Waals surface area contributed by atoms with Gasteiger partial charge < -0.3 is 15.6 Å². The maximum Gasteiger partial charge on any atom is 0.132 e. The molecule has 35 heavy (non-hydrogen) atoms. The van der Waals surface area contributed by atoms with Crippen molar-refractivity contribution in [2.75, 3.05) is 5.32 Å². The summed E-state index contributed by atoms with van der Waals surface area (Å²) in [5.41, 5.74) is 12.2. The minimum absolute atomic E-state index is 0. The van der Waals surface area contributed by atoms with Crippen LogP contribution >= 0.6 is 12.4 Å². The van der Waals surface area contributed by atoms with Gasteiger partial charge >= 0.3 is 0 Å². The Morgan fingerprint density at radius 3 is 2.54 bits per heavy atom. The van der Waals surface area contributed by atoms with Crippen molar-refractivity contribution in [3.8, 4) is 17.3 Å². The van der Waals surface area contributed by atoms with Crippen molar-refractivity contribution in [2.24, 2.45) is 5.73 Å². The average molecular weight is 486 g/mol. The zero-order valence-electron chi connectivity index (χ0n) is 19.4. The van der Waals surface area contributed by atoms with Gasteiger partial charge in [0.25, 0.3) is 0 Å². The second-order valence-corrected chi connectivity index (χ2v) is 9.54. The zero-order valence-corrected chi connectivity index (χ0v) is 20.2. The molecule has 7 nitrogen and oxygen atoms in total. The van der Waals surface area contributed by atoms with E-state index in [1.54, 1.807) is 18.3 Å². The Morgan fingerprint density at radius 2 is 1.77 bits per heavy atom. The number of nitriles is 1. The van der Waals surface area contributed by atoms with Crippen molar-refractivity contribution in [3.05, 3.63) is 66.1 Å². The van der Waals surface area contributed by atoms with Gasteiger partial charge in [-0.05, 0) is 86.4 Å². The van der Waals surface area contributed by atoms with E-state index in [0.29, 0.717) is 29.4 Å². The van der Waals surface area contributed by atoms with Crippen molar-refractivity contribution < 1.29 is 0 Å². The van der Waals surface area contributed by atoms with Gasteiger partial charge in [0.1, 0.15) is 11.6 Å². The van der Waals surface area contributed by atoms with Crippen LogP contribution in [0.4, 0.5) is 11.6 Å². The van der Waals surface area contributed by atoms with Gasteiger partial charge in [-0.1, -0.05) is 6.07 Å². The Balaban J connectivity index is 0.00000253. The number of rotatable bonds is 5. The van der Waals surface area contributed by atoms with Gasteiger partial charge in [0.05, 0.1) is 34.7 Å². The maximum atomic E-state index is 9.21. The third-order valence-corrected chi connectivity index (χ3v) is 7.05. The molecule has 2 aliphatic carbocycles. The highest BCUT2D eigenvalue weighted by molar-refractivity contribution is 5.85. The quantitative estimate of drug-likeness (QED) is 0.367. The molecule has 4 aromatic rings. The lowest BCUT2D eigenvalue weighted by molar-refractivity contribution is 0.329. The number of fused-ring (bicyclic) bond motifs is 1. The summed E-state index contributed by atoms with van der Waals surface area (Å²) < 4.78 is 2.33. The first-order chi connectivity index (χ1) is 16.7. The summed E-state index contributed by atoms with van der Waals surface area (Å²) in [7, 11) is 0. The van der Waals surface area contributed by atoms with E-state index >= 15 is 0 Å². The lowest BCUT2D eigenvalue weighted by Gasteiger charge is -2.27. The van der Waals surface area contributed by atoms with Crippen LogP contribution in [0, 0.1) is 11.3 Å². The largest absolute Gasteiger partial charge is 0.328 e. The average Bonchev–Trinajstić information content (AvgIpc) is 3.64. The van der Waals surface area contributed by atoms with E-state index in [1.807, 2.05) is 6.33 Å². The van der Waals surface area contributed by atoms with Gasteiger partial charge in [-0.3, -0.25) is 0 Å². The van der Waals surface area contributed by atoms with Crippen molar-refractivity contribution >= 4 is 35.1 Å². The Kier molecular flexibility index (Phi) is 6.42. The van der Waals surface area contributed by atoms with Crippen molar-refractivity contribution in [1.82, 2.24) is 19.5 Å². The first-order valence-corrected chi connectivity index (χ1v) is 12.0. The first-order valence-electron chi connectivity index (χ1n) is 12.0. The van der Waals surface area contributed by atoms with Crippen LogP contribution in [-0.4, -0.2) is 25.6 Å². The zero-order chi connectivity index (χ0) is 23.1. The summed E-state index contributed by atoms with van der Waals surface area (Å²) in [5.74, 6) is 1.95. The van der Waals surface area contributed by atoms with Gasteiger partial charge in [-0.25, -0.2) is 15.0 Å². The number of nitrogens with two attached hydrogens (primary N) is 1. The van der Waals surface area contributed by atoms with Crippen LogP contribution < -0.4 is 11.1 Å². The highest BCUT2D eigenvalue weighted by atomic mass is 35.5. The number of hydrogen-bond acceptors (Lipinski definition) is 6. The molecule has 0 radical (unpaired) electrons. The fourth-order valence-electron chi connectivity index (χ4n) is 4.97. The van der Waals surface area contributed by atoms with E-state index in [9.17, 15) is 5.26 Å². The number of anilines is 2. The molecule has 0 unspecified atom stereocenters. The molecule has 178 valence electrons. The second-order valence-electron chi connectivity index (χ2n) is 9.54. The van der Waals surface area contributed by atoms with Crippen LogP contribution in [-0.2, 0) is 0 Å². The Hall–Kier alpha value is -3.47. The fourth-order valence-corrected chi connectivity index (χ4v) is 4.97. The topological polar surface area (TPSA) is 105 Å². The van der Waals surface area contributed by atoms with Crippen LogP contribution in [0.1, 0.15) is 61.6 Å². The molecule has 3 heterocycles. The minimum atomic E-state index is 0. The van der Waals surface area contributed by atoms with Crippen LogP contribution in [0.25, 0.3) is 22.3 Å². The lowest BCUT2D eigenvalue weighted by atomic mass is 9.91. The molecule has 3 N–H and O–H groups in total. The van der Waals surface area contributed by atoms with E-state index in [4.69, 9.17) is 10.7 Å². The number of hydrogen-bond donors (Lipinski definition) is 2. The molecular formula is C27H28ClN7. The molecule has 8 heteroatoms. The summed E-state index contributed by atoms with van der Waals surface area (Å²) in [5, 5.41) is 12.5. The van der Waals surface area contributed by atoms with Crippen molar-refractivity contribution in [1.29, 1.82) is 5.26 Å². The van der Waals surface area contributed by atoms with Crippen LogP contribution in [0.15, 0.2) is 55.0 Å². The monoisotopic (exact) mass is 485 g/mol. The number of halogens is 1. The number of nitrogens with zero attached hydrogens (tertiary/aromatic N) is 5. The lowest BCUT2D eigenvalue weighted by Crippen LogP contribution is -2.27. The summed E-state index contributed by atoms with van der Waals surface area (Å²) in [6.07, 6.45) is 10.3. The predicted molar refractivity (Wildman–Crippen MR) is 140 cm³/mol. The van der Waals surface area contributed by atoms with Gasteiger partial charge in [-0.2, -0.15) is 5.26 Å². The summed E-state index contributed by atoms with van der Waals surface area (Å²) in [6.45, 7) is 0. The van der Waals surface area contributed by atoms with Gasteiger partial charge in [0.15, 0.2) is 0 Å². The Morgan fingerprint density at radius 1 is 0.943 bits per heavy atom. The first kappa shape index (κ1) is 23.3. The molecule has 6 rings (SSSR count). The Bertz CT molecular complexity index is 1390. The van der Waals surface area contributed by atoms with Gasteiger partial charge in [0, 0.05) is 23.8 Å². The molecule has 2 fully saturated rings. The molecule has 0 atom stereocenters. The smallest absolute Gasteiger partial charge is 0.132 e. The third kappa shape index (κ3) is 4.86. The predicted octanol–water partition coefficient (Wildman–Crippen LogP) is 5.85. The molecule has 2 saturated carbocycles. The molecule has 1 aromatic carbocycles. The molecule has 0 amide bonds. The third-order valence-electron chi connectivity index (χ3n) is 7.05. The Labute approximate surface area is 210 Å². The van der Waals surface area contributed by atoms with E-state index in [1.165, 1.54) is 18.4 Å². The highest BCUT2D eigenvalue weighted by Gasteiger charge is 2.25. The standard InChI is InChI=1S/C27H27N7.ClH/c28-15-17-9-10-30-26(11-17)33-27-14-20(18-1-2-18)12-24(32-27)19-3-8-23-25(13-19)34(16-31-23)22-6-4-21(29)5-7-22;/h3,8-14,16,18,21-22H,1-2,4-7,29H2,(H,30,32,33);1H. The van der Waals surface area contributed by atoms with E-state index in [2.05, 4.69) is 56.3 Å². The molecule has 0 spiro atoms. The molecule has 2 aliphatic rings. The maximum absolute atomic E-state index is 9.21. The molecule has 3 aromatic heterocycles. The molecule has 0 aliphatic heterocycles. The van der Waals surface area contributed by atoms with Crippen molar-refractivity contribution in [2.45, 2.75) is 56.5 Å². The number of aromatic nitrogens is 4. The normalized spacial score (nSPS) is 19.7. The molecular weight excluding hydrogens is 458 g/mol. The molecule has 0 saturated heterocycles. The van der Waals surface area contributed by atoms with E-state index < -0.39 is 0 Å². The van der Waals surface area contributed by atoms with Crippen LogP contribution in [0.5, 0.6) is 0 Å². The van der Waals surface area contributed by atoms with Crippen molar-refractivity contribution in [3.63, 3.8) is 0 Å². The van der Waals surface area contributed by atoms with Crippen LogP contribution in [0.2, 0.25) is 0 Å². The summed E-state index contributed by atoms with van der Waals surface area (Å²) >= 11 is 0. The van der Waals surface area contributed by atoms with E-state index in [0.717, 1.165) is 53.8 Å². The van der Waals surface area contributed by atoms with Gasteiger partial charge in [-0.15, -0.1) is 12.4 Å². The van der Waals surface area contributed by atoms with E-state index in [-0.39, 0.29) is 12.4 Å². The minimum Gasteiger partial charge on any atom is -0.328 e. The SMILES string of the molecule is Cl.N#Cc1ccnc(Nc2cc(C3CC3)cc(-c3ccc4ncn(C5CCC(N)CC5)c4c3)n2)c1. The summed E-state index contributed by atoms with van der Waals surface area (Å²) in [4.78, 5) is 13.9.